The van der Waals surface area contributed by atoms with E-state index in [4.69, 9.17) is 10.3 Å². The highest BCUT2D eigenvalue weighted by molar-refractivity contribution is 5.07. The predicted octanol–water partition coefficient (Wildman–Crippen LogP) is 0.368. The molecule has 3 saturated heterocycles. The fourth-order valence-electron chi connectivity index (χ4n) is 2.86. The zero-order valence-corrected chi connectivity index (χ0v) is 11.8. The van der Waals surface area contributed by atoms with Crippen LogP contribution in [0, 0.1) is 0 Å². The second kappa shape index (κ2) is 4.85. The summed E-state index contributed by atoms with van der Waals surface area (Å²) < 4.78 is 5.49. The zero-order chi connectivity index (χ0) is 13.5. The summed E-state index contributed by atoms with van der Waals surface area (Å²) in [6.45, 7) is 10.3. The van der Waals surface area contributed by atoms with Crippen molar-refractivity contribution >= 4 is 0 Å². The topological polar surface area (TPSA) is 71.4 Å². The maximum atomic E-state index is 5.85. The van der Waals surface area contributed by atoms with Gasteiger partial charge in [0.05, 0.1) is 11.5 Å². The summed E-state index contributed by atoms with van der Waals surface area (Å²) >= 11 is 0. The molecule has 0 radical (unpaired) electrons. The number of fused-ring (bicyclic) bond motifs is 3. The van der Waals surface area contributed by atoms with Crippen LogP contribution in [0.15, 0.2) is 4.52 Å². The van der Waals surface area contributed by atoms with Crippen LogP contribution in [-0.4, -0.2) is 59.2 Å². The van der Waals surface area contributed by atoms with Crippen LogP contribution in [0.1, 0.15) is 38.0 Å². The van der Waals surface area contributed by atoms with Crippen molar-refractivity contribution in [2.24, 2.45) is 5.73 Å². The molecule has 0 saturated carbocycles. The van der Waals surface area contributed by atoms with E-state index in [9.17, 15) is 0 Å². The summed E-state index contributed by atoms with van der Waals surface area (Å²) in [4.78, 5) is 9.57. The van der Waals surface area contributed by atoms with E-state index in [0.29, 0.717) is 18.5 Å². The summed E-state index contributed by atoms with van der Waals surface area (Å²) in [5.41, 5.74) is 5.65. The molecule has 4 rings (SSSR count). The minimum atomic E-state index is -0.200. The van der Waals surface area contributed by atoms with Crippen LogP contribution < -0.4 is 5.73 Å². The largest absolute Gasteiger partial charge is 0.339 e. The van der Waals surface area contributed by atoms with E-state index in [1.54, 1.807) is 0 Å². The van der Waals surface area contributed by atoms with Crippen LogP contribution in [0.3, 0.4) is 0 Å². The average molecular weight is 265 g/mol. The number of rotatable bonds is 4. The van der Waals surface area contributed by atoms with Gasteiger partial charge in [0.2, 0.25) is 5.89 Å². The molecular formula is C13H23N5O. The molecule has 2 unspecified atom stereocenters. The van der Waals surface area contributed by atoms with Gasteiger partial charge in [0.25, 0.3) is 0 Å². The maximum absolute atomic E-state index is 5.85. The minimum Gasteiger partial charge on any atom is -0.339 e. The molecule has 3 aliphatic rings. The fourth-order valence-corrected chi connectivity index (χ4v) is 2.86. The highest BCUT2D eigenvalue weighted by atomic mass is 16.5. The first-order valence-electron chi connectivity index (χ1n) is 7.17. The van der Waals surface area contributed by atoms with Gasteiger partial charge in [-0.05, 0) is 13.3 Å². The van der Waals surface area contributed by atoms with Gasteiger partial charge in [0, 0.05) is 39.3 Å². The standard InChI is InChI=1S/C13H23N5O/c1-3-13(2,9-14)12-15-11(16-19-12)10-8-17-4-6-18(10)7-5-17/h10H,3-9,14H2,1-2H3. The second-order valence-electron chi connectivity index (χ2n) is 5.93. The molecule has 0 amide bonds. The minimum absolute atomic E-state index is 0.200. The van der Waals surface area contributed by atoms with Gasteiger partial charge in [-0.15, -0.1) is 0 Å². The quantitative estimate of drug-likeness (QED) is 0.848. The Morgan fingerprint density at radius 2 is 2.11 bits per heavy atom. The Labute approximate surface area is 113 Å². The maximum Gasteiger partial charge on any atom is 0.233 e. The molecule has 1 aromatic rings. The van der Waals surface area contributed by atoms with E-state index < -0.39 is 0 Å². The average Bonchev–Trinajstić information content (AvgIpc) is 2.98. The monoisotopic (exact) mass is 265 g/mol. The van der Waals surface area contributed by atoms with Gasteiger partial charge in [0.1, 0.15) is 0 Å². The van der Waals surface area contributed by atoms with Crippen molar-refractivity contribution in [3.63, 3.8) is 0 Å². The lowest BCUT2D eigenvalue weighted by molar-refractivity contribution is 0.00781. The van der Waals surface area contributed by atoms with Crippen molar-refractivity contribution in [1.82, 2.24) is 19.9 Å². The fraction of sp³-hybridized carbons (Fsp3) is 0.846. The van der Waals surface area contributed by atoms with Gasteiger partial charge in [-0.25, -0.2) is 0 Å². The normalized spacial score (nSPS) is 33.3. The first-order chi connectivity index (χ1) is 9.16. The van der Waals surface area contributed by atoms with Gasteiger partial charge in [-0.1, -0.05) is 12.1 Å². The lowest BCUT2D eigenvalue weighted by Crippen LogP contribution is -2.57. The summed E-state index contributed by atoms with van der Waals surface area (Å²) in [6.07, 6.45) is 0.908. The summed E-state index contributed by atoms with van der Waals surface area (Å²) in [5.74, 6) is 1.51. The summed E-state index contributed by atoms with van der Waals surface area (Å²) in [5, 5.41) is 4.21. The zero-order valence-electron chi connectivity index (χ0n) is 11.8. The number of aromatic nitrogens is 2. The molecule has 0 aliphatic carbocycles. The van der Waals surface area contributed by atoms with E-state index in [2.05, 4.69) is 33.8 Å². The Balaban J connectivity index is 1.82. The van der Waals surface area contributed by atoms with E-state index in [0.717, 1.165) is 45.0 Å². The Morgan fingerprint density at radius 1 is 1.37 bits per heavy atom. The lowest BCUT2D eigenvalue weighted by Gasteiger charge is -2.46. The highest BCUT2D eigenvalue weighted by Gasteiger charge is 2.37. The van der Waals surface area contributed by atoms with Crippen molar-refractivity contribution in [3.8, 4) is 0 Å². The molecule has 3 fully saturated rings. The molecule has 2 N–H and O–H groups in total. The van der Waals surface area contributed by atoms with E-state index >= 15 is 0 Å². The van der Waals surface area contributed by atoms with Gasteiger partial charge in [-0.3, -0.25) is 9.80 Å². The molecular weight excluding hydrogens is 242 g/mol. The van der Waals surface area contributed by atoms with Gasteiger partial charge < -0.3 is 10.3 Å². The van der Waals surface area contributed by atoms with Crippen LogP contribution in [0.4, 0.5) is 0 Å². The van der Waals surface area contributed by atoms with Crippen molar-refractivity contribution in [3.05, 3.63) is 11.7 Å². The SMILES string of the molecule is CCC(C)(CN)c1nc(C2CN3CCN2CC3)no1. The molecule has 19 heavy (non-hydrogen) atoms. The number of nitrogens with zero attached hydrogens (tertiary/aromatic N) is 4. The van der Waals surface area contributed by atoms with Gasteiger partial charge >= 0.3 is 0 Å². The summed E-state index contributed by atoms with van der Waals surface area (Å²) in [7, 11) is 0. The smallest absolute Gasteiger partial charge is 0.233 e. The molecule has 0 spiro atoms. The van der Waals surface area contributed by atoms with Gasteiger partial charge in [0.15, 0.2) is 5.82 Å². The third-order valence-electron chi connectivity index (χ3n) is 4.77. The molecule has 3 aliphatic heterocycles. The van der Waals surface area contributed by atoms with E-state index in [1.165, 1.54) is 0 Å². The van der Waals surface area contributed by atoms with Crippen LogP contribution in [-0.2, 0) is 5.41 Å². The van der Waals surface area contributed by atoms with Crippen molar-refractivity contribution in [1.29, 1.82) is 0 Å². The molecule has 6 nitrogen and oxygen atoms in total. The van der Waals surface area contributed by atoms with Crippen LogP contribution in [0.25, 0.3) is 0 Å². The Bertz CT molecular complexity index is 434. The molecule has 4 heterocycles. The Hall–Kier alpha value is -0.980. The van der Waals surface area contributed by atoms with Crippen LogP contribution in [0.2, 0.25) is 0 Å². The number of piperazine rings is 3. The van der Waals surface area contributed by atoms with E-state index in [1.807, 2.05) is 0 Å². The Kier molecular flexibility index (Phi) is 3.32. The molecule has 6 heteroatoms. The Morgan fingerprint density at radius 3 is 2.63 bits per heavy atom. The van der Waals surface area contributed by atoms with Crippen molar-refractivity contribution < 1.29 is 4.52 Å². The molecule has 2 atom stereocenters. The highest BCUT2D eigenvalue weighted by Crippen LogP contribution is 2.30. The third-order valence-corrected chi connectivity index (χ3v) is 4.77. The molecule has 1 aromatic heterocycles. The van der Waals surface area contributed by atoms with E-state index in [-0.39, 0.29) is 5.41 Å². The number of hydrogen-bond acceptors (Lipinski definition) is 6. The van der Waals surface area contributed by atoms with Crippen molar-refractivity contribution in [2.45, 2.75) is 31.7 Å². The first-order valence-corrected chi connectivity index (χ1v) is 7.17. The first kappa shape index (κ1) is 13.0. The van der Waals surface area contributed by atoms with Crippen molar-refractivity contribution in [2.75, 3.05) is 39.3 Å². The molecule has 2 bridgehead atoms. The van der Waals surface area contributed by atoms with Crippen LogP contribution in [0.5, 0.6) is 0 Å². The lowest BCUT2D eigenvalue weighted by atomic mass is 9.88. The molecule has 106 valence electrons. The number of hydrogen-bond donors (Lipinski definition) is 1. The predicted molar refractivity (Wildman–Crippen MR) is 71.7 cm³/mol. The third kappa shape index (κ3) is 2.17. The van der Waals surface area contributed by atoms with Gasteiger partial charge in [-0.2, -0.15) is 4.98 Å². The summed E-state index contributed by atoms with van der Waals surface area (Å²) in [6, 6.07) is 0.291. The number of nitrogens with two attached hydrogens (primary N) is 1. The molecule has 0 aromatic carbocycles. The van der Waals surface area contributed by atoms with Crippen LogP contribution >= 0.6 is 0 Å². The second-order valence-corrected chi connectivity index (χ2v) is 5.93.